The van der Waals surface area contributed by atoms with Crippen LogP contribution in [0.4, 0.5) is 5.69 Å². The van der Waals surface area contributed by atoms with E-state index in [2.05, 4.69) is 15.5 Å². The molecule has 0 fully saturated rings. The van der Waals surface area contributed by atoms with Crippen LogP contribution in [0.2, 0.25) is 10.0 Å². The maximum atomic E-state index is 12.7. The molecule has 0 saturated heterocycles. The van der Waals surface area contributed by atoms with Crippen molar-refractivity contribution in [2.24, 2.45) is 0 Å². The summed E-state index contributed by atoms with van der Waals surface area (Å²) in [6, 6.07) is 19.4. The summed E-state index contributed by atoms with van der Waals surface area (Å²) in [4.78, 5) is 12.7. The van der Waals surface area contributed by atoms with Gasteiger partial charge in [-0.3, -0.25) is 9.36 Å². The lowest BCUT2D eigenvalue weighted by Gasteiger charge is -2.13. The molecule has 0 unspecified atom stereocenters. The number of carbonyl (C=O) groups is 1. The highest BCUT2D eigenvalue weighted by molar-refractivity contribution is 7.99. The summed E-state index contributed by atoms with van der Waals surface area (Å²) in [6.45, 7) is 5.92. The number of hydrogen-bond acceptors (Lipinski definition) is 4. The van der Waals surface area contributed by atoms with E-state index in [1.54, 1.807) is 0 Å². The number of aryl methyl sites for hydroxylation is 3. The van der Waals surface area contributed by atoms with Crippen LogP contribution in [-0.2, 0) is 4.79 Å². The number of hydrogen-bond donors (Lipinski definition) is 1. The second kappa shape index (κ2) is 10.00. The first-order chi connectivity index (χ1) is 15.8. The molecule has 0 spiro atoms. The SMILES string of the molecule is Cc1ccc(-n2c(SCC(=O)Nc3c(C)cc(C)cc3Cl)nnc2-c2ccccc2Cl)cc1. The zero-order valence-corrected chi connectivity index (χ0v) is 20.7. The Kier molecular flexibility index (Phi) is 7.08. The topological polar surface area (TPSA) is 59.8 Å². The van der Waals surface area contributed by atoms with Crippen molar-refractivity contribution in [1.82, 2.24) is 14.8 Å². The number of benzene rings is 3. The molecule has 1 aromatic heterocycles. The maximum absolute atomic E-state index is 12.7. The molecular weight excluding hydrogens is 475 g/mol. The number of amides is 1. The van der Waals surface area contributed by atoms with Crippen LogP contribution in [-0.4, -0.2) is 26.4 Å². The Bertz CT molecular complexity index is 1300. The van der Waals surface area contributed by atoms with Crippen molar-refractivity contribution in [3.05, 3.63) is 87.4 Å². The first kappa shape index (κ1) is 23.4. The zero-order chi connectivity index (χ0) is 23.5. The molecule has 3 aromatic carbocycles. The van der Waals surface area contributed by atoms with E-state index in [4.69, 9.17) is 23.2 Å². The fourth-order valence-corrected chi connectivity index (χ4v) is 4.83. The van der Waals surface area contributed by atoms with Crippen molar-refractivity contribution >= 4 is 46.6 Å². The lowest BCUT2D eigenvalue weighted by atomic mass is 10.1. The average Bonchev–Trinajstić information content (AvgIpc) is 3.19. The minimum Gasteiger partial charge on any atom is -0.324 e. The van der Waals surface area contributed by atoms with Gasteiger partial charge in [0, 0.05) is 11.3 Å². The van der Waals surface area contributed by atoms with Crippen LogP contribution in [0.1, 0.15) is 16.7 Å². The second-order valence-corrected chi connectivity index (χ2v) is 9.49. The molecule has 0 aliphatic rings. The van der Waals surface area contributed by atoms with E-state index in [1.165, 1.54) is 11.8 Å². The van der Waals surface area contributed by atoms with E-state index < -0.39 is 0 Å². The summed E-state index contributed by atoms with van der Waals surface area (Å²) in [6.07, 6.45) is 0. The number of aromatic nitrogens is 3. The number of carbonyl (C=O) groups excluding carboxylic acids is 1. The Labute approximate surface area is 207 Å². The first-order valence-electron chi connectivity index (χ1n) is 10.3. The zero-order valence-electron chi connectivity index (χ0n) is 18.4. The Morgan fingerprint density at radius 2 is 1.67 bits per heavy atom. The third kappa shape index (κ3) is 5.24. The molecule has 4 aromatic rings. The van der Waals surface area contributed by atoms with E-state index in [1.807, 2.05) is 86.0 Å². The van der Waals surface area contributed by atoms with Gasteiger partial charge in [0.1, 0.15) is 0 Å². The lowest BCUT2D eigenvalue weighted by molar-refractivity contribution is -0.113. The minimum atomic E-state index is -0.174. The van der Waals surface area contributed by atoms with Crippen molar-refractivity contribution in [1.29, 1.82) is 0 Å². The van der Waals surface area contributed by atoms with Crippen LogP contribution in [0, 0.1) is 20.8 Å². The molecule has 1 amide bonds. The molecule has 1 N–H and O–H groups in total. The smallest absolute Gasteiger partial charge is 0.234 e. The number of nitrogens with one attached hydrogen (secondary N) is 1. The van der Waals surface area contributed by atoms with Gasteiger partial charge in [-0.05, 0) is 62.2 Å². The van der Waals surface area contributed by atoms with Crippen LogP contribution in [0.15, 0.2) is 65.8 Å². The molecule has 0 radical (unpaired) electrons. The number of anilines is 1. The minimum absolute atomic E-state index is 0.149. The van der Waals surface area contributed by atoms with Gasteiger partial charge in [0.2, 0.25) is 5.91 Å². The van der Waals surface area contributed by atoms with Gasteiger partial charge >= 0.3 is 0 Å². The van der Waals surface area contributed by atoms with Gasteiger partial charge in [0.15, 0.2) is 11.0 Å². The molecule has 0 atom stereocenters. The van der Waals surface area contributed by atoms with Gasteiger partial charge in [0.05, 0.1) is 21.5 Å². The summed E-state index contributed by atoms with van der Waals surface area (Å²) >= 11 is 14.1. The molecule has 0 bridgehead atoms. The van der Waals surface area contributed by atoms with Gasteiger partial charge < -0.3 is 5.32 Å². The molecule has 33 heavy (non-hydrogen) atoms. The molecule has 0 aliphatic carbocycles. The quantitative estimate of drug-likeness (QED) is 0.295. The molecule has 5 nitrogen and oxygen atoms in total. The summed E-state index contributed by atoms with van der Waals surface area (Å²) in [5.41, 5.74) is 5.39. The maximum Gasteiger partial charge on any atom is 0.234 e. The number of nitrogens with zero attached hydrogens (tertiary/aromatic N) is 3. The van der Waals surface area contributed by atoms with Crippen molar-refractivity contribution in [2.75, 3.05) is 11.1 Å². The van der Waals surface area contributed by atoms with Gasteiger partial charge in [-0.25, -0.2) is 0 Å². The Morgan fingerprint density at radius 3 is 2.36 bits per heavy atom. The van der Waals surface area contributed by atoms with Gasteiger partial charge in [0.25, 0.3) is 0 Å². The molecule has 4 rings (SSSR count). The molecule has 0 saturated carbocycles. The van der Waals surface area contributed by atoms with Crippen LogP contribution in [0.3, 0.4) is 0 Å². The van der Waals surface area contributed by atoms with Crippen molar-refractivity contribution in [3.63, 3.8) is 0 Å². The Balaban J connectivity index is 1.62. The first-order valence-corrected chi connectivity index (χ1v) is 12.0. The summed E-state index contributed by atoms with van der Waals surface area (Å²) in [7, 11) is 0. The lowest BCUT2D eigenvalue weighted by Crippen LogP contribution is -2.16. The third-order valence-corrected chi connectivity index (χ3v) is 6.63. The predicted octanol–water partition coefficient (Wildman–Crippen LogP) is 6.90. The van der Waals surface area contributed by atoms with Crippen molar-refractivity contribution in [3.8, 4) is 17.1 Å². The molecular formula is C25H22Cl2N4OS. The molecule has 0 aliphatic heterocycles. The Hall–Kier alpha value is -2.80. The van der Waals surface area contributed by atoms with Crippen molar-refractivity contribution in [2.45, 2.75) is 25.9 Å². The number of thioether (sulfide) groups is 1. The van der Waals surface area contributed by atoms with Crippen LogP contribution >= 0.6 is 35.0 Å². The van der Waals surface area contributed by atoms with Gasteiger partial charge in [-0.2, -0.15) is 0 Å². The molecule has 8 heteroatoms. The summed E-state index contributed by atoms with van der Waals surface area (Å²) in [5, 5.41) is 13.4. The van der Waals surface area contributed by atoms with Crippen LogP contribution < -0.4 is 5.32 Å². The van der Waals surface area contributed by atoms with Crippen molar-refractivity contribution < 1.29 is 4.79 Å². The highest BCUT2D eigenvalue weighted by Crippen LogP contribution is 2.32. The fraction of sp³-hybridized carbons (Fsp3) is 0.160. The fourth-order valence-electron chi connectivity index (χ4n) is 3.49. The predicted molar refractivity (Wildman–Crippen MR) is 137 cm³/mol. The number of rotatable bonds is 6. The summed E-state index contributed by atoms with van der Waals surface area (Å²) in [5.74, 6) is 0.590. The monoisotopic (exact) mass is 496 g/mol. The van der Waals surface area contributed by atoms with E-state index in [0.717, 1.165) is 27.9 Å². The Morgan fingerprint density at radius 1 is 0.939 bits per heavy atom. The normalized spacial score (nSPS) is 10.9. The molecule has 1 heterocycles. The summed E-state index contributed by atoms with van der Waals surface area (Å²) < 4.78 is 1.92. The van der Waals surface area contributed by atoms with E-state index >= 15 is 0 Å². The van der Waals surface area contributed by atoms with E-state index in [0.29, 0.717) is 26.7 Å². The highest BCUT2D eigenvalue weighted by Gasteiger charge is 2.19. The number of halogens is 2. The van der Waals surface area contributed by atoms with Crippen LogP contribution in [0.25, 0.3) is 17.1 Å². The third-order valence-electron chi connectivity index (χ3n) is 5.07. The second-order valence-electron chi connectivity index (χ2n) is 7.73. The standard InChI is InChI=1S/C25H22Cl2N4OS/c1-15-8-10-18(11-9-15)31-24(19-6-4-5-7-20(19)26)29-30-25(31)33-14-22(32)28-23-17(3)12-16(2)13-21(23)27/h4-13H,14H2,1-3H3,(H,28,32). The molecule has 168 valence electrons. The highest BCUT2D eigenvalue weighted by atomic mass is 35.5. The van der Waals surface area contributed by atoms with E-state index in [9.17, 15) is 4.79 Å². The van der Waals surface area contributed by atoms with E-state index in [-0.39, 0.29) is 11.7 Å². The largest absolute Gasteiger partial charge is 0.324 e. The van der Waals surface area contributed by atoms with Gasteiger partial charge in [-0.15, -0.1) is 10.2 Å². The van der Waals surface area contributed by atoms with Crippen LogP contribution in [0.5, 0.6) is 0 Å². The average molecular weight is 497 g/mol. The van der Waals surface area contributed by atoms with Gasteiger partial charge in [-0.1, -0.05) is 70.9 Å².